The number of carbonyl (C=O) groups excluding carboxylic acids is 1. The number of hydrogen-bond acceptors (Lipinski definition) is 5. The molecule has 1 saturated heterocycles. The van der Waals surface area contributed by atoms with Crippen molar-refractivity contribution in [3.8, 4) is 0 Å². The van der Waals surface area contributed by atoms with Gasteiger partial charge in [0.15, 0.2) is 5.65 Å². The Morgan fingerprint density at radius 2 is 1.86 bits per heavy atom. The number of rotatable bonds is 4. The highest BCUT2D eigenvalue weighted by atomic mass is 16.3. The van der Waals surface area contributed by atoms with Gasteiger partial charge in [-0.2, -0.15) is 9.50 Å². The lowest BCUT2D eigenvalue weighted by atomic mass is 9.84. The number of nitrogens with zero attached hydrogens (tertiary/aromatic N) is 4. The maximum absolute atomic E-state index is 12.0. The second-order valence-electron chi connectivity index (χ2n) is 8.24. The molecular formula is C22H25N5O2. The maximum atomic E-state index is 12.0. The van der Waals surface area contributed by atoms with Gasteiger partial charge in [0.05, 0.1) is 5.60 Å². The molecule has 1 saturated carbocycles. The van der Waals surface area contributed by atoms with Crippen LogP contribution in [0.5, 0.6) is 0 Å². The summed E-state index contributed by atoms with van der Waals surface area (Å²) in [5.74, 6) is 1.39. The van der Waals surface area contributed by atoms with Crippen molar-refractivity contribution >= 4 is 23.3 Å². The minimum atomic E-state index is -0.802. The van der Waals surface area contributed by atoms with Crippen molar-refractivity contribution in [3.63, 3.8) is 0 Å². The first kappa shape index (κ1) is 18.1. The van der Waals surface area contributed by atoms with E-state index in [4.69, 9.17) is 0 Å². The first-order chi connectivity index (χ1) is 14.0. The first-order valence-electron chi connectivity index (χ1n) is 10.2. The molecule has 0 atom stereocenters. The normalized spacial score (nSPS) is 18.8. The highest BCUT2D eigenvalue weighted by molar-refractivity contribution is 5.92. The predicted octanol–water partition coefficient (Wildman–Crippen LogP) is 2.87. The number of pyridine rings is 1. The smallest absolute Gasteiger partial charge is 0.249 e. The Labute approximate surface area is 169 Å². The van der Waals surface area contributed by atoms with Gasteiger partial charge >= 0.3 is 0 Å². The van der Waals surface area contributed by atoms with Crippen molar-refractivity contribution in [3.05, 3.63) is 53.6 Å². The molecule has 3 heterocycles. The number of hydrogen-bond donors (Lipinski definition) is 2. The van der Waals surface area contributed by atoms with Crippen LogP contribution in [-0.4, -0.2) is 38.7 Å². The second kappa shape index (κ2) is 6.84. The zero-order valence-corrected chi connectivity index (χ0v) is 16.5. The van der Waals surface area contributed by atoms with E-state index in [9.17, 15) is 9.90 Å². The fraction of sp³-hybridized carbons (Fsp3) is 0.409. The summed E-state index contributed by atoms with van der Waals surface area (Å²) in [7, 11) is 0. The van der Waals surface area contributed by atoms with Crippen LogP contribution in [0.15, 0.2) is 42.5 Å². The molecule has 0 radical (unpaired) electrons. The summed E-state index contributed by atoms with van der Waals surface area (Å²) in [6.07, 6.45) is 3.18. The monoisotopic (exact) mass is 391 g/mol. The average Bonchev–Trinajstić information content (AvgIpc) is 3.49. The summed E-state index contributed by atoms with van der Waals surface area (Å²) in [6, 6.07) is 14.0. The number of amides is 1. The van der Waals surface area contributed by atoms with Crippen LogP contribution in [0.2, 0.25) is 0 Å². The summed E-state index contributed by atoms with van der Waals surface area (Å²) < 4.78 is 1.78. The molecule has 7 heteroatoms. The van der Waals surface area contributed by atoms with Gasteiger partial charge in [-0.05, 0) is 50.3 Å². The molecule has 2 aromatic heterocycles. The van der Waals surface area contributed by atoms with Crippen LogP contribution in [0.4, 0.5) is 11.8 Å². The predicted molar refractivity (Wildman–Crippen MR) is 111 cm³/mol. The number of aryl methyl sites for hydroxylation is 1. The van der Waals surface area contributed by atoms with E-state index in [1.807, 2.05) is 42.5 Å². The molecule has 2 fully saturated rings. The number of fused-ring (bicyclic) bond motifs is 1. The van der Waals surface area contributed by atoms with Crippen molar-refractivity contribution in [2.75, 3.05) is 23.3 Å². The topological polar surface area (TPSA) is 82.8 Å². The van der Waals surface area contributed by atoms with Crippen molar-refractivity contribution in [2.24, 2.45) is 5.92 Å². The number of nitrogens with one attached hydrogen (secondary N) is 1. The summed E-state index contributed by atoms with van der Waals surface area (Å²) in [5.41, 5.74) is 2.07. The quantitative estimate of drug-likeness (QED) is 0.715. The van der Waals surface area contributed by atoms with Crippen LogP contribution in [0, 0.1) is 12.8 Å². The zero-order valence-electron chi connectivity index (χ0n) is 16.5. The molecule has 1 aliphatic carbocycles. The van der Waals surface area contributed by atoms with E-state index in [2.05, 4.69) is 27.2 Å². The molecule has 2 N–H and O–H groups in total. The maximum Gasteiger partial charge on any atom is 0.249 e. The molecule has 1 aromatic carbocycles. The fourth-order valence-corrected chi connectivity index (χ4v) is 4.00. The van der Waals surface area contributed by atoms with E-state index in [0.717, 1.165) is 24.2 Å². The second-order valence-corrected chi connectivity index (χ2v) is 8.24. The van der Waals surface area contributed by atoms with E-state index in [-0.39, 0.29) is 11.8 Å². The Morgan fingerprint density at radius 3 is 2.55 bits per heavy atom. The van der Waals surface area contributed by atoms with Gasteiger partial charge in [-0.25, -0.2) is 0 Å². The van der Waals surface area contributed by atoms with Gasteiger partial charge in [-0.3, -0.25) is 10.1 Å². The highest BCUT2D eigenvalue weighted by Gasteiger charge is 2.35. The summed E-state index contributed by atoms with van der Waals surface area (Å²) in [5, 5.41) is 18.5. The molecule has 1 amide bonds. The molecule has 1 aliphatic heterocycles. The molecule has 150 valence electrons. The molecule has 0 spiro atoms. The number of anilines is 2. The van der Waals surface area contributed by atoms with Crippen LogP contribution in [-0.2, 0) is 10.4 Å². The number of aliphatic hydroxyl groups is 1. The lowest BCUT2D eigenvalue weighted by Crippen LogP contribution is -2.43. The Morgan fingerprint density at radius 1 is 1.14 bits per heavy atom. The van der Waals surface area contributed by atoms with Crippen LogP contribution in [0.3, 0.4) is 0 Å². The number of aromatic nitrogens is 3. The third kappa shape index (κ3) is 3.46. The van der Waals surface area contributed by atoms with Gasteiger partial charge in [0.2, 0.25) is 11.9 Å². The SMILES string of the molecule is Cc1ccc(C2(O)CCN(c3cccc4nc(NC(=O)C5CC5)nn34)CC2)cc1. The van der Waals surface area contributed by atoms with Crippen LogP contribution < -0.4 is 10.2 Å². The van der Waals surface area contributed by atoms with Gasteiger partial charge in [-0.15, -0.1) is 5.10 Å². The third-order valence-electron chi connectivity index (χ3n) is 6.03. The van der Waals surface area contributed by atoms with Crippen molar-refractivity contribution < 1.29 is 9.90 Å². The van der Waals surface area contributed by atoms with E-state index in [1.165, 1.54) is 5.56 Å². The summed E-state index contributed by atoms with van der Waals surface area (Å²) >= 11 is 0. The van der Waals surface area contributed by atoms with Gasteiger partial charge in [0.1, 0.15) is 5.82 Å². The molecule has 5 rings (SSSR count). The Bertz CT molecular complexity index is 1050. The minimum Gasteiger partial charge on any atom is -0.385 e. The van der Waals surface area contributed by atoms with Gasteiger partial charge < -0.3 is 10.0 Å². The van der Waals surface area contributed by atoms with Gasteiger partial charge in [0.25, 0.3) is 0 Å². The third-order valence-corrected chi connectivity index (χ3v) is 6.03. The van der Waals surface area contributed by atoms with Crippen LogP contribution in [0.25, 0.3) is 5.65 Å². The lowest BCUT2D eigenvalue weighted by Gasteiger charge is -2.39. The molecule has 2 aliphatic rings. The Kier molecular flexibility index (Phi) is 4.28. The van der Waals surface area contributed by atoms with E-state index in [0.29, 0.717) is 37.5 Å². The molecule has 0 bridgehead atoms. The summed E-state index contributed by atoms with van der Waals surface area (Å²) in [4.78, 5) is 18.7. The zero-order chi connectivity index (χ0) is 20.0. The lowest BCUT2D eigenvalue weighted by molar-refractivity contribution is -0.117. The fourth-order valence-electron chi connectivity index (χ4n) is 4.00. The molecule has 0 unspecified atom stereocenters. The number of piperidine rings is 1. The van der Waals surface area contributed by atoms with Crippen molar-refractivity contribution in [2.45, 2.75) is 38.2 Å². The van der Waals surface area contributed by atoms with E-state index in [1.54, 1.807) is 4.52 Å². The van der Waals surface area contributed by atoms with E-state index >= 15 is 0 Å². The van der Waals surface area contributed by atoms with E-state index < -0.39 is 5.60 Å². The molecule has 7 nitrogen and oxygen atoms in total. The molecular weight excluding hydrogens is 366 g/mol. The standard InChI is InChI=1S/C22H25N5O2/c1-15-5-9-17(10-6-15)22(29)11-13-26(14-12-22)19-4-2-3-18-23-21(25-27(18)19)24-20(28)16-7-8-16/h2-6,9-10,16,29H,7-8,11-14H2,1H3,(H,24,25,28). The Hall–Kier alpha value is -2.93. The molecule has 29 heavy (non-hydrogen) atoms. The van der Waals surface area contributed by atoms with Crippen LogP contribution in [0.1, 0.15) is 36.8 Å². The Balaban J connectivity index is 1.35. The minimum absolute atomic E-state index is 0.00332. The van der Waals surface area contributed by atoms with Gasteiger partial charge in [-0.1, -0.05) is 35.9 Å². The molecule has 3 aromatic rings. The number of carbonyl (C=O) groups is 1. The largest absolute Gasteiger partial charge is 0.385 e. The average molecular weight is 391 g/mol. The first-order valence-corrected chi connectivity index (χ1v) is 10.2. The number of benzene rings is 1. The van der Waals surface area contributed by atoms with Crippen molar-refractivity contribution in [1.82, 2.24) is 14.6 Å². The van der Waals surface area contributed by atoms with Crippen molar-refractivity contribution in [1.29, 1.82) is 0 Å². The summed E-state index contributed by atoms with van der Waals surface area (Å²) in [6.45, 7) is 3.48. The van der Waals surface area contributed by atoms with Gasteiger partial charge in [0, 0.05) is 19.0 Å². The highest BCUT2D eigenvalue weighted by Crippen LogP contribution is 2.35. The van der Waals surface area contributed by atoms with Crippen LogP contribution >= 0.6 is 0 Å².